The fraction of sp³-hybridized carbons (Fsp3) is 0.929. The maximum Gasteiger partial charge on any atom is 0.236 e. The normalized spacial score (nSPS) is 23.6. The molecule has 1 heterocycles. The first kappa shape index (κ1) is 16.7. The molecule has 5 heteroatoms. The van der Waals surface area contributed by atoms with Gasteiger partial charge >= 0.3 is 0 Å². The van der Waals surface area contributed by atoms with Crippen LogP contribution in [-0.2, 0) is 9.53 Å². The second-order valence-electron chi connectivity index (χ2n) is 5.51. The second kappa shape index (κ2) is 8.77. The van der Waals surface area contributed by atoms with Gasteiger partial charge in [-0.25, -0.2) is 0 Å². The Hall–Kier alpha value is -0.320. The summed E-state index contributed by atoms with van der Waals surface area (Å²) in [5.74, 6) is 1.05. The van der Waals surface area contributed by atoms with E-state index in [1.165, 1.54) is 38.5 Å². The Balaban J connectivity index is 0.00000180. The van der Waals surface area contributed by atoms with Crippen LogP contribution in [0, 0.1) is 5.92 Å². The van der Waals surface area contributed by atoms with Crippen LogP contribution >= 0.6 is 12.4 Å². The maximum absolute atomic E-state index is 12.2. The molecule has 1 saturated carbocycles. The summed E-state index contributed by atoms with van der Waals surface area (Å²) >= 11 is 0. The highest BCUT2D eigenvalue weighted by Gasteiger charge is 2.35. The van der Waals surface area contributed by atoms with Crippen molar-refractivity contribution in [2.24, 2.45) is 5.92 Å². The molecule has 0 spiro atoms. The second-order valence-corrected chi connectivity index (χ2v) is 5.51. The number of carbonyl (C=O) groups is 1. The highest BCUT2D eigenvalue weighted by atomic mass is 35.5. The van der Waals surface area contributed by atoms with Gasteiger partial charge in [-0.1, -0.05) is 12.8 Å². The molecule has 2 rings (SSSR count). The maximum atomic E-state index is 12.2. The summed E-state index contributed by atoms with van der Waals surface area (Å²) < 4.78 is 4.96. The number of nitrogens with zero attached hydrogens (tertiary/aromatic N) is 1. The van der Waals surface area contributed by atoms with Gasteiger partial charge in [-0.05, 0) is 31.6 Å². The van der Waals surface area contributed by atoms with Crippen LogP contribution in [0.3, 0.4) is 0 Å². The quantitative estimate of drug-likeness (QED) is 0.759. The van der Waals surface area contributed by atoms with Crippen LogP contribution in [0.1, 0.15) is 38.5 Å². The molecular weight excluding hydrogens is 264 g/mol. The van der Waals surface area contributed by atoms with Gasteiger partial charge in [0, 0.05) is 26.2 Å². The number of amides is 1. The van der Waals surface area contributed by atoms with Gasteiger partial charge in [0.1, 0.15) is 0 Å². The van der Waals surface area contributed by atoms with Crippen LogP contribution in [-0.4, -0.2) is 50.2 Å². The zero-order valence-electron chi connectivity index (χ0n) is 11.9. The van der Waals surface area contributed by atoms with E-state index in [0.29, 0.717) is 19.2 Å². The summed E-state index contributed by atoms with van der Waals surface area (Å²) in [6.45, 7) is 2.85. The van der Waals surface area contributed by atoms with Crippen molar-refractivity contribution in [3.8, 4) is 0 Å². The first-order chi connectivity index (χ1) is 8.83. The molecule has 4 nitrogen and oxygen atoms in total. The first-order valence-corrected chi connectivity index (χ1v) is 7.32. The van der Waals surface area contributed by atoms with E-state index in [0.717, 1.165) is 19.0 Å². The number of nitrogens with one attached hydrogen (secondary N) is 1. The molecule has 1 unspecified atom stereocenters. The summed E-state index contributed by atoms with van der Waals surface area (Å²) in [7, 11) is 1.68. The lowest BCUT2D eigenvalue weighted by atomic mass is 9.96. The average molecular weight is 291 g/mol. The van der Waals surface area contributed by atoms with Crippen LogP contribution in [0.5, 0.6) is 0 Å². The lowest BCUT2D eigenvalue weighted by molar-refractivity contribution is -0.132. The molecule has 1 aliphatic carbocycles. The zero-order chi connectivity index (χ0) is 12.8. The van der Waals surface area contributed by atoms with Gasteiger partial charge < -0.3 is 15.0 Å². The fourth-order valence-electron chi connectivity index (χ4n) is 3.41. The Morgan fingerprint density at radius 3 is 2.68 bits per heavy atom. The topological polar surface area (TPSA) is 41.6 Å². The average Bonchev–Trinajstić information content (AvgIpc) is 3.02. The molecule has 0 radical (unpaired) electrons. The first-order valence-electron chi connectivity index (χ1n) is 7.32. The fourth-order valence-corrected chi connectivity index (χ4v) is 3.41. The Morgan fingerprint density at radius 1 is 1.26 bits per heavy atom. The Kier molecular flexibility index (Phi) is 7.73. The van der Waals surface area contributed by atoms with Crippen LogP contribution < -0.4 is 5.32 Å². The Morgan fingerprint density at radius 2 is 2.00 bits per heavy atom. The van der Waals surface area contributed by atoms with E-state index >= 15 is 0 Å². The van der Waals surface area contributed by atoms with E-state index < -0.39 is 0 Å². The molecule has 2 aliphatic rings. The monoisotopic (exact) mass is 290 g/mol. The predicted molar refractivity (Wildman–Crippen MR) is 78.7 cm³/mol. The summed E-state index contributed by atoms with van der Waals surface area (Å²) in [6, 6.07) is 0.532. The van der Waals surface area contributed by atoms with Crippen molar-refractivity contribution in [1.82, 2.24) is 10.2 Å². The van der Waals surface area contributed by atoms with Crippen molar-refractivity contribution < 1.29 is 9.53 Å². The van der Waals surface area contributed by atoms with Crippen molar-refractivity contribution in [3.05, 3.63) is 0 Å². The summed E-state index contributed by atoms with van der Waals surface area (Å²) in [4.78, 5) is 14.3. The predicted octanol–water partition coefficient (Wildman–Crippen LogP) is 1.83. The Bertz CT molecular complexity index is 270. The number of hydrogen-bond acceptors (Lipinski definition) is 3. The molecule has 0 bridgehead atoms. The molecule has 1 saturated heterocycles. The lowest BCUT2D eigenvalue weighted by Crippen LogP contribution is -2.44. The molecular formula is C14H27ClN2O2. The zero-order valence-corrected chi connectivity index (χ0v) is 12.7. The van der Waals surface area contributed by atoms with Crippen LogP contribution in [0.2, 0.25) is 0 Å². The number of likely N-dealkylation sites (tertiary alicyclic amines) is 1. The molecule has 0 aromatic rings. The third-order valence-corrected chi connectivity index (χ3v) is 4.32. The molecule has 0 aromatic carbocycles. The van der Waals surface area contributed by atoms with E-state index in [4.69, 9.17) is 4.74 Å². The van der Waals surface area contributed by atoms with Gasteiger partial charge in [-0.15, -0.1) is 12.4 Å². The number of ether oxygens (including phenoxy) is 1. The smallest absolute Gasteiger partial charge is 0.236 e. The highest BCUT2D eigenvalue weighted by Crippen LogP contribution is 2.35. The SMILES string of the molecule is COCCNCC(=O)N1CCCC1C1CCCC1.Cl. The molecule has 1 atom stereocenters. The van der Waals surface area contributed by atoms with Gasteiger partial charge in [0.25, 0.3) is 0 Å². The van der Waals surface area contributed by atoms with E-state index in [2.05, 4.69) is 10.2 Å². The van der Waals surface area contributed by atoms with E-state index in [-0.39, 0.29) is 18.3 Å². The van der Waals surface area contributed by atoms with Crippen molar-refractivity contribution in [2.75, 3.05) is 33.4 Å². The van der Waals surface area contributed by atoms with Crippen molar-refractivity contribution >= 4 is 18.3 Å². The van der Waals surface area contributed by atoms with Gasteiger partial charge in [0.15, 0.2) is 0 Å². The molecule has 1 N–H and O–H groups in total. The van der Waals surface area contributed by atoms with Gasteiger partial charge in [-0.2, -0.15) is 0 Å². The number of hydrogen-bond donors (Lipinski definition) is 1. The largest absolute Gasteiger partial charge is 0.383 e. The lowest BCUT2D eigenvalue weighted by Gasteiger charge is -2.29. The standard InChI is InChI=1S/C14H26N2O2.ClH/c1-18-10-8-15-11-14(17)16-9-4-7-13(16)12-5-2-3-6-12;/h12-13,15H,2-11H2,1H3;1H. The third-order valence-electron chi connectivity index (χ3n) is 4.32. The van der Waals surface area contributed by atoms with E-state index in [1.807, 2.05) is 0 Å². The third kappa shape index (κ3) is 4.62. The van der Waals surface area contributed by atoms with Gasteiger partial charge in [0.2, 0.25) is 5.91 Å². The van der Waals surface area contributed by atoms with Crippen molar-refractivity contribution in [3.63, 3.8) is 0 Å². The Labute approximate surface area is 122 Å². The number of methoxy groups -OCH3 is 1. The summed E-state index contributed by atoms with van der Waals surface area (Å²) in [5, 5.41) is 3.16. The van der Waals surface area contributed by atoms with Gasteiger partial charge in [-0.3, -0.25) is 4.79 Å². The molecule has 1 amide bonds. The van der Waals surface area contributed by atoms with E-state index in [1.54, 1.807) is 7.11 Å². The van der Waals surface area contributed by atoms with Crippen LogP contribution in [0.15, 0.2) is 0 Å². The van der Waals surface area contributed by atoms with Crippen LogP contribution in [0.25, 0.3) is 0 Å². The molecule has 1 aliphatic heterocycles. The van der Waals surface area contributed by atoms with Crippen molar-refractivity contribution in [2.45, 2.75) is 44.6 Å². The minimum atomic E-state index is 0. The number of carbonyl (C=O) groups excluding carboxylic acids is 1. The molecule has 112 valence electrons. The molecule has 0 aromatic heterocycles. The summed E-state index contributed by atoms with van der Waals surface area (Å²) in [5.41, 5.74) is 0. The minimum Gasteiger partial charge on any atom is -0.383 e. The van der Waals surface area contributed by atoms with Crippen molar-refractivity contribution in [1.29, 1.82) is 0 Å². The van der Waals surface area contributed by atoms with E-state index in [9.17, 15) is 4.79 Å². The summed E-state index contributed by atoms with van der Waals surface area (Å²) in [6.07, 6.45) is 7.77. The number of halogens is 1. The minimum absolute atomic E-state index is 0. The molecule has 19 heavy (non-hydrogen) atoms. The number of rotatable bonds is 6. The van der Waals surface area contributed by atoms with Crippen LogP contribution in [0.4, 0.5) is 0 Å². The highest BCUT2D eigenvalue weighted by molar-refractivity contribution is 5.85. The van der Waals surface area contributed by atoms with Gasteiger partial charge in [0.05, 0.1) is 13.2 Å². The molecule has 2 fully saturated rings.